The van der Waals surface area contributed by atoms with Gasteiger partial charge in [0.2, 0.25) is 5.88 Å². The number of nitrogens with zero attached hydrogens (tertiary/aromatic N) is 1. The van der Waals surface area contributed by atoms with Crippen LogP contribution in [0, 0.1) is 0 Å². The molecule has 1 amide bonds. The van der Waals surface area contributed by atoms with E-state index in [9.17, 15) is 9.59 Å². The van der Waals surface area contributed by atoms with E-state index >= 15 is 0 Å². The van der Waals surface area contributed by atoms with E-state index in [0.717, 1.165) is 16.9 Å². The highest BCUT2D eigenvalue weighted by molar-refractivity contribution is 6.00. The molecule has 1 heterocycles. The van der Waals surface area contributed by atoms with Crippen LogP contribution in [0.5, 0.6) is 23.1 Å². The van der Waals surface area contributed by atoms with Crippen LogP contribution < -0.4 is 14.8 Å². The van der Waals surface area contributed by atoms with Crippen molar-refractivity contribution in [3.05, 3.63) is 150 Å². The SMILES string of the molecule is O=C(NC(COCc1ccccc1)C(=O)Cc1ccc(Oc2ccccc2)cc1)c1cccnc1Oc1ccccc1. The van der Waals surface area contributed by atoms with Crippen LogP contribution in [0.3, 0.4) is 0 Å². The van der Waals surface area contributed by atoms with Crippen molar-refractivity contribution < 1.29 is 23.8 Å². The molecule has 4 aromatic carbocycles. The van der Waals surface area contributed by atoms with Crippen molar-refractivity contribution in [1.29, 1.82) is 0 Å². The minimum atomic E-state index is -0.897. The van der Waals surface area contributed by atoms with Gasteiger partial charge in [-0.3, -0.25) is 9.59 Å². The van der Waals surface area contributed by atoms with Gasteiger partial charge in [-0.25, -0.2) is 4.98 Å². The second-order valence-electron chi connectivity index (χ2n) is 9.50. The number of hydrogen-bond donors (Lipinski definition) is 1. The fraction of sp³-hybridized carbons (Fsp3) is 0.114. The van der Waals surface area contributed by atoms with Gasteiger partial charge in [-0.05, 0) is 59.7 Å². The third kappa shape index (κ3) is 8.13. The van der Waals surface area contributed by atoms with Crippen molar-refractivity contribution in [3.63, 3.8) is 0 Å². The largest absolute Gasteiger partial charge is 0.457 e. The van der Waals surface area contributed by atoms with Crippen molar-refractivity contribution >= 4 is 11.7 Å². The lowest BCUT2D eigenvalue weighted by molar-refractivity contribution is -0.121. The predicted octanol–water partition coefficient (Wildman–Crippen LogP) is 6.79. The van der Waals surface area contributed by atoms with Crippen molar-refractivity contribution in [1.82, 2.24) is 10.3 Å². The summed E-state index contributed by atoms with van der Waals surface area (Å²) in [6.07, 6.45) is 1.65. The molecule has 5 aromatic rings. The third-order valence-electron chi connectivity index (χ3n) is 6.34. The summed E-state index contributed by atoms with van der Waals surface area (Å²) in [7, 11) is 0. The van der Waals surface area contributed by atoms with E-state index in [0.29, 0.717) is 18.1 Å². The zero-order valence-electron chi connectivity index (χ0n) is 22.9. The molecule has 0 spiro atoms. The molecule has 7 nitrogen and oxygen atoms in total. The number of para-hydroxylation sites is 2. The number of ether oxygens (including phenoxy) is 3. The number of nitrogens with one attached hydrogen (secondary N) is 1. The number of ketones is 1. The van der Waals surface area contributed by atoms with Crippen LogP contribution in [0.1, 0.15) is 21.5 Å². The van der Waals surface area contributed by atoms with Crippen LogP contribution >= 0.6 is 0 Å². The summed E-state index contributed by atoms with van der Waals surface area (Å²) in [6.45, 7) is 0.311. The van der Waals surface area contributed by atoms with Crippen LogP contribution in [0.15, 0.2) is 134 Å². The number of benzene rings is 4. The Morgan fingerprint density at radius 3 is 1.90 bits per heavy atom. The Bertz CT molecular complexity index is 1580. The predicted molar refractivity (Wildman–Crippen MR) is 160 cm³/mol. The molecule has 0 aliphatic heterocycles. The first-order valence-corrected chi connectivity index (χ1v) is 13.6. The summed E-state index contributed by atoms with van der Waals surface area (Å²) in [4.78, 5) is 31.2. The van der Waals surface area contributed by atoms with E-state index in [1.54, 1.807) is 30.5 Å². The number of amides is 1. The number of carbonyl (C=O) groups excluding carboxylic acids is 2. The number of pyridine rings is 1. The van der Waals surface area contributed by atoms with Crippen molar-refractivity contribution in [3.8, 4) is 23.1 Å². The normalized spacial score (nSPS) is 11.3. The van der Waals surface area contributed by atoms with E-state index in [4.69, 9.17) is 14.2 Å². The molecule has 0 bridgehead atoms. The first-order valence-electron chi connectivity index (χ1n) is 13.6. The molecule has 42 heavy (non-hydrogen) atoms. The summed E-state index contributed by atoms with van der Waals surface area (Å²) in [5.74, 6) is 1.40. The summed E-state index contributed by atoms with van der Waals surface area (Å²) in [6, 6.07) is 37.9. The minimum absolute atomic E-state index is 0.00378. The number of Topliss-reactive ketones (excluding diaryl/α,β-unsaturated/α-hetero) is 1. The zero-order valence-corrected chi connectivity index (χ0v) is 22.9. The van der Waals surface area contributed by atoms with Gasteiger partial charge in [0.1, 0.15) is 28.9 Å². The lowest BCUT2D eigenvalue weighted by Gasteiger charge is -2.19. The quantitative estimate of drug-likeness (QED) is 0.171. The molecule has 1 atom stereocenters. The molecule has 210 valence electrons. The van der Waals surface area contributed by atoms with Gasteiger partial charge in [-0.1, -0.05) is 78.9 Å². The highest BCUT2D eigenvalue weighted by Crippen LogP contribution is 2.23. The highest BCUT2D eigenvalue weighted by Gasteiger charge is 2.24. The van der Waals surface area contributed by atoms with E-state index in [1.807, 2.05) is 103 Å². The van der Waals surface area contributed by atoms with Crippen molar-refractivity contribution in [2.75, 3.05) is 6.61 Å². The van der Waals surface area contributed by atoms with Crippen LogP contribution in [0.25, 0.3) is 0 Å². The standard InChI is InChI=1S/C35H30N2O5/c38-33(23-26-18-20-30(21-19-26)41-28-13-6-2-7-14-28)32(25-40-24-27-11-4-1-5-12-27)37-34(39)31-17-10-22-36-35(31)42-29-15-8-3-9-16-29/h1-22,32H,23-25H2,(H,37,39). The molecule has 0 saturated heterocycles. The maximum Gasteiger partial charge on any atom is 0.257 e. The summed E-state index contributed by atoms with van der Waals surface area (Å²) in [5.41, 5.74) is 1.97. The van der Waals surface area contributed by atoms with Crippen LogP contribution in [-0.4, -0.2) is 29.3 Å². The minimum Gasteiger partial charge on any atom is -0.457 e. The molecule has 5 rings (SSSR count). The Kier molecular flexibility index (Phi) is 9.68. The van der Waals surface area contributed by atoms with Gasteiger partial charge >= 0.3 is 0 Å². The summed E-state index contributed by atoms with van der Waals surface area (Å²) >= 11 is 0. The Morgan fingerprint density at radius 2 is 1.24 bits per heavy atom. The number of hydrogen-bond acceptors (Lipinski definition) is 6. The van der Waals surface area contributed by atoms with Gasteiger partial charge in [0.15, 0.2) is 5.78 Å². The Hall–Kier alpha value is -5.27. The molecule has 1 aromatic heterocycles. The average molecular weight is 559 g/mol. The van der Waals surface area contributed by atoms with Gasteiger partial charge in [0, 0.05) is 12.6 Å². The van der Waals surface area contributed by atoms with Gasteiger partial charge in [0.05, 0.1) is 13.2 Å². The second kappa shape index (κ2) is 14.4. The molecule has 0 saturated carbocycles. The van der Waals surface area contributed by atoms with Crippen molar-refractivity contribution in [2.45, 2.75) is 19.1 Å². The van der Waals surface area contributed by atoms with Gasteiger partial charge in [0.25, 0.3) is 5.91 Å². The Morgan fingerprint density at radius 1 is 0.643 bits per heavy atom. The molecular formula is C35H30N2O5. The van der Waals surface area contributed by atoms with E-state index in [-0.39, 0.29) is 30.3 Å². The molecular weight excluding hydrogens is 528 g/mol. The first-order chi connectivity index (χ1) is 20.6. The maximum atomic E-state index is 13.5. The molecule has 0 aliphatic carbocycles. The van der Waals surface area contributed by atoms with Crippen LogP contribution in [-0.2, 0) is 22.6 Å². The maximum absolute atomic E-state index is 13.5. The first kappa shape index (κ1) is 28.3. The van der Waals surface area contributed by atoms with Gasteiger partial charge in [-0.15, -0.1) is 0 Å². The van der Waals surface area contributed by atoms with E-state index in [2.05, 4.69) is 10.3 Å². The van der Waals surface area contributed by atoms with E-state index in [1.165, 1.54) is 0 Å². The molecule has 0 aliphatic rings. The molecule has 0 radical (unpaired) electrons. The lowest BCUT2D eigenvalue weighted by atomic mass is 10.0. The molecule has 7 heteroatoms. The smallest absolute Gasteiger partial charge is 0.257 e. The zero-order chi connectivity index (χ0) is 29.0. The van der Waals surface area contributed by atoms with E-state index < -0.39 is 11.9 Å². The Labute approximate surface area is 244 Å². The fourth-order valence-electron chi connectivity index (χ4n) is 4.19. The number of rotatable bonds is 13. The number of carbonyl (C=O) groups is 2. The highest BCUT2D eigenvalue weighted by atomic mass is 16.5. The fourth-order valence-corrected chi connectivity index (χ4v) is 4.19. The van der Waals surface area contributed by atoms with Gasteiger partial charge in [-0.2, -0.15) is 0 Å². The Balaban J connectivity index is 1.28. The summed E-state index contributed by atoms with van der Waals surface area (Å²) < 4.78 is 17.6. The van der Waals surface area contributed by atoms with Gasteiger partial charge < -0.3 is 19.5 Å². The number of aromatic nitrogens is 1. The average Bonchev–Trinajstić information content (AvgIpc) is 3.03. The third-order valence-corrected chi connectivity index (χ3v) is 6.34. The molecule has 0 fully saturated rings. The lowest BCUT2D eigenvalue weighted by Crippen LogP contribution is -2.45. The molecule has 1 N–H and O–H groups in total. The topological polar surface area (TPSA) is 86.8 Å². The second-order valence-corrected chi connectivity index (χ2v) is 9.50. The monoisotopic (exact) mass is 558 g/mol. The molecule has 1 unspecified atom stereocenters. The summed E-state index contributed by atoms with van der Waals surface area (Å²) in [5, 5.41) is 2.85. The van der Waals surface area contributed by atoms with Crippen LogP contribution in [0.2, 0.25) is 0 Å². The van der Waals surface area contributed by atoms with Crippen LogP contribution in [0.4, 0.5) is 0 Å². The van der Waals surface area contributed by atoms with Crippen molar-refractivity contribution in [2.24, 2.45) is 0 Å².